The summed E-state index contributed by atoms with van der Waals surface area (Å²) in [7, 11) is 0. The van der Waals surface area contributed by atoms with Crippen molar-refractivity contribution in [3.05, 3.63) is 72.7 Å². The van der Waals surface area contributed by atoms with E-state index in [1.807, 2.05) is 36.4 Å². The maximum atomic E-state index is 12.1. The number of urea groups is 1. The van der Waals surface area contributed by atoms with Crippen molar-refractivity contribution < 1.29 is 9.53 Å². The van der Waals surface area contributed by atoms with Gasteiger partial charge in [0.15, 0.2) is 0 Å². The predicted octanol–water partition coefficient (Wildman–Crippen LogP) is 5.44. The average Bonchev–Trinajstić information content (AvgIpc) is 3.33. The van der Waals surface area contributed by atoms with Gasteiger partial charge in [0, 0.05) is 35.7 Å². The van der Waals surface area contributed by atoms with Gasteiger partial charge in [0.1, 0.15) is 30.1 Å². The normalized spacial score (nSPS) is 17.4. The number of nitrogens with one attached hydrogen (secondary N) is 2. The van der Waals surface area contributed by atoms with Gasteiger partial charge >= 0.3 is 6.03 Å². The highest BCUT2D eigenvalue weighted by Crippen LogP contribution is 2.38. The van der Waals surface area contributed by atoms with E-state index in [-0.39, 0.29) is 18.1 Å². The average molecular weight is 564 g/mol. The minimum absolute atomic E-state index is 0.105. The number of carbonyl (C=O) groups excluding carboxylic acids is 1. The largest absolute Gasteiger partial charge is 0.489 e. The van der Waals surface area contributed by atoms with Gasteiger partial charge in [0.05, 0.1) is 5.39 Å². The van der Waals surface area contributed by atoms with E-state index in [9.17, 15) is 4.79 Å². The molecule has 0 bridgehead atoms. The first-order valence-electron chi connectivity index (χ1n) is 12.6. The van der Waals surface area contributed by atoms with Gasteiger partial charge in [-0.1, -0.05) is 58.4 Å². The van der Waals surface area contributed by atoms with Gasteiger partial charge in [-0.25, -0.2) is 14.8 Å². The van der Waals surface area contributed by atoms with Crippen molar-refractivity contribution in [2.75, 3.05) is 17.6 Å². The summed E-state index contributed by atoms with van der Waals surface area (Å²) >= 11 is 3.33. The predicted molar refractivity (Wildman–Crippen MR) is 150 cm³/mol. The van der Waals surface area contributed by atoms with E-state index in [2.05, 4.69) is 65.5 Å². The lowest BCUT2D eigenvalue weighted by Crippen LogP contribution is -2.44. The highest BCUT2D eigenvalue weighted by atomic mass is 79.9. The summed E-state index contributed by atoms with van der Waals surface area (Å²) in [6.45, 7) is 1.11. The fourth-order valence-corrected chi connectivity index (χ4v) is 5.19. The molecule has 0 radical (unpaired) electrons. The number of nitrogens with two attached hydrogens (primary N) is 1. The van der Waals surface area contributed by atoms with Crippen LogP contribution >= 0.6 is 15.9 Å². The Labute approximate surface area is 224 Å². The second kappa shape index (κ2) is 11.6. The zero-order valence-electron chi connectivity index (χ0n) is 20.6. The lowest BCUT2D eigenvalue weighted by atomic mass is 9.91. The van der Waals surface area contributed by atoms with Crippen LogP contribution in [0.5, 0.6) is 5.75 Å². The van der Waals surface area contributed by atoms with Crippen LogP contribution in [0.25, 0.3) is 22.2 Å². The standard InChI is InChI=1S/C28H31BrN6O2/c29-13-14-31-28(36)34-21-9-11-22(12-10-21)35-16-24(25-26(30)32-18-33-27(25)35)20-7-4-8-23(15-20)37-17-19-5-2-1-3-6-19/h1-8,15-16,18,21-22H,9-14,17H2,(H2,30,32,33)(H2,31,34,36). The molecule has 2 aromatic heterocycles. The van der Waals surface area contributed by atoms with Crippen molar-refractivity contribution >= 4 is 38.8 Å². The van der Waals surface area contributed by atoms with Crippen LogP contribution in [-0.2, 0) is 6.61 Å². The van der Waals surface area contributed by atoms with Crippen molar-refractivity contribution in [1.29, 1.82) is 0 Å². The molecule has 0 spiro atoms. The van der Waals surface area contributed by atoms with Gasteiger partial charge in [-0.3, -0.25) is 0 Å². The SMILES string of the molecule is Nc1ncnc2c1c(-c1cccc(OCc3ccccc3)c1)cn2C1CCC(NC(=O)NCCBr)CC1. The Morgan fingerprint density at radius 1 is 1.08 bits per heavy atom. The lowest BCUT2D eigenvalue weighted by molar-refractivity contribution is 0.228. The topological polar surface area (TPSA) is 107 Å². The number of carbonyl (C=O) groups is 1. The molecule has 2 aromatic carbocycles. The molecule has 0 aliphatic heterocycles. The summed E-state index contributed by atoms with van der Waals surface area (Å²) in [5.41, 5.74) is 10.3. The first-order valence-corrected chi connectivity index (χ1v) is 13.7. The summed E-state index contributed by atoms with van der Waals surface area (Å²) in [5, 5.41) is 7.55. The highest BCUT2D eigenvalue weighted by Gasteiger charge is 2.26. The van der Waals surface area contributed by atoms with Crippen LogP contribution < -0.4 is 21.1 Å². The Balaban J connectivity index is 1.36. The first kappa shape index (κ1) is 25.1. The van der Waals surface area contributed by atoms with Gasteiger partial charge in [0.25, 0.3) is 0 Å². The maximum absolute atomic E-state index is 12.1. The molecule has 0 atom stereocenters. The summed E-state index contributed by atoms with van der Waals surface area (Å²) < 4.78 is 8.31. The smallest absolute Gasteiger partial charge is 0.315 e. The number of nitrogen functional groups attached to an aromatic ring is 1. The van der Waals surface area contributed by atoms with E-state index in [1.165, 1.54) is 6.33 Å². The van der Waals surface area contributed by atoms with Gasteiger partial charge < -0.3 is 25.7 Å². The summed E-state index contributed by atoms with van der Waals surface area (Å²) in [4.78, 5) is 21.0. The molecule has 1 aliphatic rings. The number of fused-ring (bicyclic) bond motifs is 1. The molecule has 8 nitrogen and oxygen atoms in total. The molecular formula is C28H31BrN6O2. The molecule has 1 aliphatic carbocycles. The second-order valence-electron chi connectivity index (χ2n) is 9.30. The molecule has 37 heavy (non-hydrogen) atoms. The van der Waals surface area contributed by atoms with Crippen molar-refractivity contribution in [3.8, 4) is 16.9 Å². The molecule has 192 valence electrons. The number of aromatic nitrogens is 3. The van der Waals surface area contributed by atoms with Crippen LogP contribution in [0, 0.1) is 0 Å². The van der Waals surface area contributed by atoms with Crippen LogP contribution in [0.1, 0.15) is 37.3 Å². The van der Waals surface area contributed by atoms with Crippen molar-refractivity contribution in [2.24, 2.45) is 0 Å². The molecule has 1 fully saturated rings. The summed E-state index contributed by atoms with van der Waals surface area (Å²) in [6.07, 6.45) is 7.37. The third-order valence-electron chi connectivity index (χ3n) is 6.84. The van der Waals surface area contributed by atoms with Crippen LogP contribution in [0.4, 0.5) is 10.6 Å². The fourth-order valence-electron chi connectivity index (χ4n) is 5.00. The third kappa shape index (κ3) is 5.88. The molecule has 2 amide bonds. The third-order valence-corrected chi connectivity index (χ3v) is 7.23. The summed E-state index contributed by atoms with van der Waals surface area (Å²) in [6, 6.07) is 18.5. The van der Waals surface area contributed by atoms with Crippen LogP contribution in [0.3, 0.4) is 0 Å². The van der Waals surface area contributed by atoms with Gasteiger partial charge in [0.2, 0.25) is 0 Å². The first-order chi connectivity index (χ1) is 18.1. The second-order valence-corrected chi connectivity index (χ2v) is 10.1. The summed E-state index contributed by atoms with van der Waals surface area (Å²) in [5.74, 6) is 1.26. The van der Waals surface area contributed by atoms with E-state index in [1.54, 1.807) is 0 Å². The number of nitrogens with zero attached hydrogens (tertiary/aromatic N) is 3. The van der Waals surface area contributed by atoms with Gasteiger partial charge in [-0.15, -0.1) is 0 Å². The number of benzene rings is 2. The Morgan fingerprint density at radius 2 is 1.89 bits per heavy atom. The molecule has 4 N–H and O–H groups in total. The van der Waals surface area contributed by atoms with E-state index in [0.29, 0.717) is 19.0 Å². The number of hydrogen-bond acceptors (Lipinski definition) is 5. The highest BCUT2D eigenvalue weighted by molar-refractivity contribution is 9.09. The molecule has 9 heteroatoms. The quantitative estimate of drug-likeness (QED) is 0.248. The number of ether oxygens (including phenoxy) is 1. The zero-order valence-corrected chi connectivity index (χ0v) is 22.2. The fraction of sp³-hybridized carbons (Fsp3) is 0.321. The molecule has 4 aromatic rings. The Morgan fingerprint density at radius 3 is 2.68 bits per heavy atom. The van der Waals surface area contributed by atoms with Crippen LogP contribution in [0.2, 0.25) is 0 Å². The molecular weight excluding hydrogens is 532 g/mol. The van der Waals surface area contributed by atoms with Crippen molar-refractivity contribution in [1.82, 2.24) is 25.2 Å². The Bertz CT molecular complexity index is 1350. The van der Waals surface area contributed by atoms with E-state index < -0.39 is 0 Å². The number of rotatable bonds is 8. The minimum Gasteiger partial charge on any atom is -0.489 e. The number of anilines is 1. The molecule has 5 rings (SSSR count). The van der Waals surface area contributed by atoms with E-state index in [0.717, 1.165) is 64.5 Å². The monoisotopic (exact) mass is 562 g/mol. The molecule has 1 saturated carbocycles. The number of hydrogen-bond donors (Lipinski definition) is 3. The number of alkyl halides is 1. The number of halogens is 1. The zero-order chi connectivity index (χ0) is 25.6. The Kier molecular flexibility index (Phi) is 7.89. The Hall–Kier alpha value is -3.59. The van der Waals surface area contributed by atoms with Gasteiger partial charge in [-0.05, 0) is 48.9 Å². The maximum Gasteiger partial charge on any atom is 0.315 e. The van der Waals surface area contributed by atoms with Crippen molar-refractivity contribution in [2.45, 2.75) is 44.4 Å². The van der Waals surface area contributed by atoms with E-state index in [4.69, 9.17) is 10.5 Å². The lowest BCUT2D eigenvalue weighted by Gasteiger charge is -2.30. The van der Waals surface area contributed by atoms with Crippen molar-refractivity contribution in [3.63, 3.8) is 0 Å². The van der Waals surface area contributed by atoms with E-state index >= 15 is 0 Å². The minimum atomic E-state index is -0.105. The van der Waals surface area contributed by atoms with Crippen LogP contribution in [0.15, 0.2) is 67.1 Å². The molecule has 0 saturated heterocycles. The molecule has 0 unspecified atom stereocenters. The van der Waals surface area contributed by atoms with Crippen LogP contribution in [-0.4, -0.2) is 38.5 Å². The number of amides is 2. The molecule has 2 heterocycles. The van der Waals surface area contributed by atoms with Gasteiger partial charge in [-0.2, -0.15) is 0 Å².